The molecule has 166 valence electrons. The van der Waals surface area contributed by atoms with Crippen LogP contribution in [0.15, 0.2) is 36.4 Å². The van der Waals surface area contributed by atoms with Crippen LogP contribution in [0.4, 0.5) is 4.39 Å². The predicted molar refractivity (Wildman–Crippen MR) is 122 cm³/mol. The quantitative estimate of drug-likeness (QED) is 0.538. The van der Waals surface area contributed by atoms with Gasteiger partial charge in [-0.05, 0) is 49.6 Å². The van der Waals surface area contributed by atoms with Gasteiger partial charge in [-0.1, -0.05) is 59.8 Å². The van der Waals surface area contributed by atoms with Crippen molar-refractivity contribution in [1.29, 1.82) is 0 Å². The second-order valence-electron chi connectivity index (χ2n) is 7.80. The number of hydrogen-bond donors (Lipinski definition) is 1. The first-order valence-electron chi connectivity index (χ1n) is 10.2. The third-order valence-corrected chi connectivity index (χ3v) is 6.56. The smallest absolute Gasteiger partial charge is 0.242 e. The molecule has 2 aromatic rings. The molecular weight excluding hydrogens is 462 g/mol. The largest absolute Gasteiger partial charge is 0.352 e. The highest BCUT2D eigenvalue weighted by Crippen LogP contribution is 2.25. The summed E-state index contributed by atoms with van der Waals surface area (Å²) in [5.41, 5.74) is 0.740. The molecule has 1 N–H and O–H groups in total. The minimum atomic E-state index is -0.773. The molecule has 4 nitrogen and oxygen atoms in total. The van der Waals surface area contributed by atoms with Crippen molar-refractivity contribution in [2.24, 2.45) is 0 Å². The molecule has 31 heavy (non-hydrogen) atoms. The first-order valence-corrected chi connectivity index (χ1v) is 11.4. The molecule has 0 spiro atoms. The van der Waals surface area contributed by atoms with E-state index in [1.165, 1.54) is 23.1 Å². The Bertz CT molecular complexity index is 944. The molecule has 3 rings (SSSR count). The van der Waals surface area contributed by atoms with E-state index in [9.17, 15) is 14.0 Å². The van der Waals surface area contributed by atoms with Crippen LogP contribution in [0.2, 0.25) is 15.1 Å². The third kappa shape index (κ3) is 6.12. The Hall–Kier alpha value is -1.82. The van der Waals surface area contributed by atoms with Gasteiger partial charge in [0.2, 0.25) is 11.8 Å². The molecule has 0 radical (unpaired) electrons. The predicted octanol–water partition coefficient (Wildman–Crippen LogP) is 5.80. The number of halogens is 4. The van der Waals surface area contributed by atoms with E-state index in [-0.39, 0.29) is 35.5 Å². The van der Waals surface area contributed by atoms with E-state index in [1.807, 2.05) is 0 Å². The molecule has 0 aliphatic heterocycles. The highest BCUT2D eigenvalue weighted by Gasteiger charge is 2.29. The Balaban J connectivity index is 1.85. The number of hydrogen-bond acceptors (Lipinski definition) is 2. The maximum atomic E-state index is 14.3. The molecule has 0 heterocycles. The molecule has 1 fully saturated rings. The normalized spacial score (nSPS) is 15.0. The van der Waals surface area contributed by atoms with Crippen LogP contribution in [0, 0.1) is 5.82 Å². The fraction of sp³-hybridized carbons (Fsp3) is 0.391. The highest BCUT2D eigenvalue weighted by atomic mass is 35.5. The molecular formula is C23H24Cl3FN2O2. The van der Waals surface area contributed by atoms with E-state index in [4.69, 9.17) is 34.8 Å². The molecule has 1 saturated carbocycles. The van der Waals surface area contributed by atoms with Crippen molar-refractivity contribution < 1.29 is 14.0 Å². The monoisotopic (exact) mass is 484 g/mol. The SMILES string of the molecule is C[C@H](C(=O)NC1CCCC1)N(Cc1ccc(Cl)cc1Cl)C(=O)Cc1c(F)cccc1Cl. The van der Waals surface area contributed by atoms with Gasteiger partial charge in [0, 0.05) is 33.2 Å². The van der Waals surface area contributed by atoms with Crippen molar-refractivity contribution in [1.82, 2.24) is 10.2 Å². The van der Waals surface area contributed by atoms with Crippen LogP contribution in [0.3, 0.4) is 0 Å². The number of carbonyl (C=O) groups is 2. The average Bonchev–Trinajstić information content (AvgIpc) is 3.22. The lowest BCUT2D eigenvalue weighted by molar-refractivity contribution is -0.140. The second-order valence-corrected chi connectivity index (χ2v) is 9.05. The van der Waals surface area contributed by atoms with Gasteiger partial charge in [0.05, 0.1) is 6.42 Å². The van der Waals surface area contributed by atoms with E-state index >= 15 is 0 Å². The number of benzene rings is 2. The maximum absolute atomic E-state index is 14.3. The molecule has 0 bridgehead atoms. The van der Waals surface area contributed by atoms with Gasteiger partial charge in [-0.15, -0.1) is 0 Å². The summed E-state index contributed by atoms with van der Waals surface area (Å²) in [6.07, 6.45) is 3.75. The number of carbonyl (C=O) groups excluding carboxylic acids is 2. The molecule has 1 atom stereocenters. The molecule has 2 amide bonds. The van der Waals surface area contributed by atoms with Crippen LogP contribution in [-0.4, -0.2) is 28.8 Å². The van der Waals surface area contributed by atoms with Crippen LogP contribution < -0.4 is 5.32 Å². The Kier molecular flexibility index (Phi) is 8.20. The lowest BCUT2D eigenvalue weighted by atomic mass is 10.1. The van der Waals surface area contributed by atoms with Crippen LogP contribution in [0.25, 0.3) is 0 Å². The summed E-state index contributed by atoms with van der Waals surface area (Å²) in [4.78, 5) is 27.5. The van der Waals surface area contributed by atoms with Gasteiger partial charge in [0.1, 0.15) is 11.9 Å². The summed E-state index contributed by atoms with van der Waals surface area (Å²) in [5, 5.41) is 4.05. The van der Waals surface area contributed by atoms with Gasteiger partial charge in [-0.3, -0.25) is 9.59 Å². The molecule has 0 aromatic heterocycles. The number of nitrogens with zero attached hydrogens (tertiary/aromatic N) is 1. The van der Waals surface area contributed by atoms with Crippen molar-refractivity contribution >= 4 is 46.6 Å². The molecule has 0 unspecified atom stereocenters. The Morgan fingerprint density at radius 1 is 1.13 bits per heavy atom. The van der Waals surface area contributed by atoms with Gasteiger partial charge >= 0.3 is 0 Å². The second kappa shape index (κ2) is 10.7. The number of rotatable bonds is 7. The molecule has 8 heteroatoms. The van der Waals surface area contributed by atoms with Crippen molar-refractivity contribution in [2.45, 2.75) is 57.7 Å². The summed E-state index contributed by atoms with van der Waals surface area (Å²) in [6, 6.07) is 8.57. The van der Waals surface area contributed by atoms with Crippen LogP contribution in [0.5, 0.6) is 0 Å². The average molecular weight is 486 g/mol. The summed E-state index contributed by atoms with van der Waals surface area (Å²) in [7, 11) is 0. The van der Waals surface area contributed by atoms with E-state index < -0.39 is 17.8 Å². The molecule has 2 aromatic carbocycles. The molecule has 0 saturated heterocycles. The van der Waals surface area contributed by atoms with E-state index in [0.717, 1.165) is 25.7 Å². The van der Waals surface area contributed by atoms with E-state index in [1.54, 1.807) is 25.1 Å². The zero-order valence-corrected chi connectivity index (χ0v) is 19.4. The third-order valence-electron chi connectivity index (χ3n) is 5.61. The lowest BCUT2D eigenvalue weighted by Crippen LogP contribution is -2.50. The Morgan fingerprint density at radius 2 is 1.84 bits per heavy atom. The minimum Gasteiger partial charge on any atom is -0.352 e. The maximum Gasteiger partial charge on any atom is 0.242 e. The van der Waals surface area contributed by atoms with Gasteiger partial charge < -0.3 is 10.2 Å². The van der Waals surface area contributed by atoms with Crippen molar-refractivity contribution in [3.63, 3.8) is 0 Å². The fourth-order valence-corrected chi connectivity index (χ4v) is 4.46. The van der Waals surface area contributed by atoms with E-state index in [0.29, 0.717) is 15.6 Å². The molecule has 1 aliphatic rings. The van der Waals surface area contributed by atoms with Crippen LogP contribution in [-0.2, 0) is 22.6 Å². The number of amides is 2. The van der Waals surface area contributed by atoms with Gasteiger partial charge in [-0.2, -0.15) is 0 Å². The Morgan fingerprint density at radius 3 is 2.48 bits per heavy atom. The number of nitrogens with one attached hydrogen (secondary N) is 1. The van der Waals surface area contributed by atoms with E-state index in [2.05, 4.69) is 5.32 Å². The van der Waals surface area contributed by atoms with Crippen LogP contribution in [0.1, 0.15) is 43.7 Å². The minimum absolute atomic E-state index is 0.0835. The highest BCUT2D eigenvalue weighted by molar-refractivity contribution is 6.35. The van der Waals surface area contributed by atoms with Crippen LogP contribution >= 0.6 is 34.8 Å². The summed E-state index contributed by atoms with van der Waals surface area (Å²) >= 11 is 18.4. The first kappa shape index (κ1) is 23.8. The van der Waals surface area contributed by atoms with Gasteiger partial charge in [0.15, 0.2) is 0 Å². The Labute approximate surface area is 196 Å². The fourth-order valence-electron chi connectivity index (χ4n) is 3.76. The van der Waals surface area contributed by atoms with Crippen molar-refractivity contribution in [3.05, 3.63) is 68.4 Å². The standard InChI is InChI=1S/C23H24Cl3FN2O2/c1-14(23(31)28-17-5-2-3-6-17)29(13-15-9-10-16(24)11-20(15)26)22(30)12-18-19(25)7-4-8-21(18)27/h4,7-11,14,17H,2-3,5-6,12-13H2,1H3,(H,28,31)/t14-/m1/s1. The zero-order valence-electron chi connectivity index (χ0n) is 17.1. The topological polar surface area (TPSA) is 49.4 Å². The lowest BCUT2D eigenvalue weighted by Gasteiger charge is -2.30. The van der Waals surface area contributed by atoms with Crippen molar-refractivity contribution in [3.8, 4) is 0 Å². The first-order chi connectivity index (χ1) is 14.8. The summed E-state index contributed by atoms with van der Waals surface area (Å²) in [6.45, 7) is 1.75. The summed E-state index contributed by atoms with van der Waals surface area (Å²) in [5.74, 6) is -1.23. The van der Waals surface area contributed by atoms with Gasteiger partial charge in [-0.25, -0.2) is 4.39 Å². The summed E-state index contributed by atoms with van der Waals surface area (Å²) < 4.78 is 14.3. The molecule has 1 aliphatic carbocycles. The van der Waals surface area contributed by atoms with Crippen molar-refractivity contribution in [2.75, 3.05) is 0 Å². The zero-order chi connectivity index (χ0) is 22.5. The van der Waals surface area contributed by atoms with Gasteiger partial charge in [0.25, 0.3) is 0 Å².